The number of nitrogens with zero attached hydrogens (tertiary/aromatic N) is 4. The molecule has 0 fully saturated rings. The third-order valence-corrected chi connectivity index (χ3v) is 5.46. The molecule has 0 radical (unpaired) electrons. The molecule has 7 nitrogen and oxygen atoms in total. The number of benzene rings is 1. The SMILES string of the molecule is C=CCn1c(SCC(=O)N[C@](C)(C#N)C(C)C)nnc1-c1ccccc1OC. The van der Waals surface area contributed by atoms with Gasteiger partial charge < -0.3 is 10.1 Å². The third-order valence-electron chi connectivity index (χ3n) is 4.49. The first-order chi connectivity index (χ1) is 13.4. The van der Waals surface area contributed by atoms with Gasteiger partial charge in [0.25, 0.3) is 0 Å². The van der Waals surface area contributed by atoms with E-state index in [1.165, 1.54) is 11.8 Å². The number of hydrogen-bond acceptors (Lipinski definition) is 6. The van der Waals surface area contributed by atoms with E-state index in [2.05, 4.69) is 28.2 Å². The van der Waals surface area contributed by atoms with E-state index in [1.54, 1.807) is 20.1 Å². The summed E-state index contributed by atoms with van der Waals surface area (Å²) in [5, 5.41) is 21.3. The van der Waals surface area contributed by atoms with Crippen LogP contribution < -0.4 is 10.1 Å². The minimum Gasteiger partial charge on any atom is -0.496 e. The van der Waals surface area contributed by atoms with E-state index in [0.29, 0.717) is 23.3 Å². The minimum absolute atomic E-state index is 0.00647. The van der Waals surface area contributed by atoms with Gasteiger partial charge in [0.2, 0.25) is 5.91 Å². The molecule has 0 saturated heterocycles. The first-order valence-electron chi connectivity index (χ1n) is 8.88. The summed E-state index contributed by atoms with van der Waals surface area (Å²) in [7, 11) is 1.61. The largest absolute Gasteiger partial charge is 0.496 e. The molecular weight excluding hydrogens is 374 g/mol. The predicted molar refractivity (Wildman–Crippen MR) is 110 cm³/mol. The number of thioether (sulfide) groups is 1. The number of rotatable bonds is 9. The maximum Gasteiger partial charge on any atom is 0.231 e. The fourth-order valence-corrected chi connectivity index (χ4v) is 3.22. The normalized spacial score (nSPS) is 12.9. The summed E-state index contributed by atoms with van der Waals surface area (Å²) in [6.07, 6.45) is 1.75. The van der Waals surface area contributed by atoms with Gasteiger partial charge in [-0.25, -0.2) is 0 Å². The summed E-state index contributed by atoms with van der Waals surface area (Å²) in [6.45, 7) is 9.81. The van der Waals surface area contributed by atoms with Crippen LogP contribution >= 0.6 is 11.8 Å². The molecule has 1 N–H and O–H groups in total. The lowest BCUT2D eigenvalue weighted by molar-refractivity contribution is -0.120. The Kier molecular flexibility index (Phi) is 7.24. The molecule has 1 atom stereocenters. The summed E-state index contributed by atoms with van der Waals surface area (Å²) >= 11 is 1.27. The quantitative estimate of drug-likeness (QED) is 0.514. The van der Waals surface area contributed by atoms with Crippen molar-refractivity contribution in [3.05, 3.63) is 36.9 Å². The second kappa shape index (κ2) is 9.42. The van der Waals surface area contributed by atoms with E-state index in [1.807, 2.05) is 42.7 Å². The number of nitriles is 1. The molecule has 8 heteroatoms. The topological polar surface area (TPSA) is 92.8 Å². The van der Waals surface area contributed by atoms with E-state index < -0.39 is 5.54 Å². The maximum absolute atomic E-state index is 12.4. The Balaban J connectivity index is 2.21. The van der Waals surface area contributed by atoms with Crippen molar-refractivity contribution in [2.24, 2.45) is 5.92 Å². The van der Waals surface area contributed by atoms with Crippen LogP contribution in [-0.2, 0) is 11.3 Å². The molecule has 0 aliphatic carbocycles. The highest BCUT2D eigenvalue weighted by Gasteiger charge is 2.30. The van der Waals surface area contributed by atoms with Gasteiger partial charge in [-0.1, -0.05) is 43.8 Å². The number of para-hydroxylation sites is 1. The molecule has 1 aromatic carbocycles. The Morgan fingerprint density at radius 1 is 1.46 bits per heavy atom. The number of methoxy groups -OCH3 is 1. The van der Waals surface area contributed by atoms with Crippen LogP contribution in [0.2, 0.25) is 0 Å². The van der Waals surface area contributed by atoms with Crippen molar-refractivity contribution in [3.8, 4) is 23.2 Å². The smallest absolute Gasteiger partial charge is 0.231 e. The van der Waals surface area contributed by atoms with E-state index in [4.69, 9.17) is 4.74 Å². The summed E-state index contributed by atoms with van der Waals surface area (Å²) < 4.78 is 7.31. The standard InChI is InChI=1S/C20H25N5O2S/c1-6-11-25-18(15-9-7-8-10-16(15)27-5)23-24-19(25)28-12-17(26)22-20(4,13-21)14(2)3/h6-10,14H,1,11-12H2,2-5H3,(H,22,26)/t20-/m1/s1. The Bertz CT molecular complexity index is 887. The Morgan fingerprint density at radius 2 is 2.18 bits per heavy atom. The second-order valence-corrected chi connectivity index (χ2v) is 7.65. The number of aromatic nitrogens is 3. The van der Waals surface area contributed by atoms with Crippen molar-refractivity contribution in [3.63, 3.8) is 0 Å². The van der Waals surface area contributed by atoms with Gasteiger partial charge in [-0.3, -0.25) is 9.36 Å². The Morgan fingerprint density at radius 3 is 2.79 bits per heavy atom. The lowest BCUT2D eigenvalue weighted by Gasteiger charge is -2.27. The monoisotopic (exact) mass is 399 g/mol. The molecule has 1 aromatic heterocycles. The van der Waals surface area contributed by atoms with Crippen LogP contribution in [0.1, 0.15) is 20.8 Å². The highest BCUT2D eigenvalue weighted by atomic mass is 32.2. The Hall–Kier alpha value is -2.79. The first-order valence-corrected chi connectivity index (χ1v) is 9.87. The minimum atomic E-state index is -0.908. The average Bonchev–Trinajstić information content (AvgIpc) is 3.08. The number of ether oxygens (including phenoxy) is 1. The second-order valence-electron chi connectivity index (χ2n) is 6.71. The molecule has 1 heterocycles. The highest BCUT2D eigenvalue weighted by Crippen LogP contribution is 2.31. The molecule has 28 heavy (non-hydrogen) atoms. The molecule has 0 aliphatic heterocycles. The van der Waals surface area contributed by atoms with E-state index in [-0.39, 0.29) is 17.6 Å². The van der Waals surface area contributed by atoms with Crippen molar-refractivity contribution < 1.29 is 9.53 Å². The zero-order valence-electron chi connectivity index (χ0n) is 16.6. The molecular formula is C20H25N5O2S. The number of hydrogen-bond donors (Lipinski definition) is 1. The van der Waals surface area contributed by atoms with Gasteiger partial charge in [-0.15, -0.1) is 16.8 Å². The fourth-order valence-electron chi connectivity index (χ4n) is 2.47. The molecule has 2 rings (SSSR count). The maximum atomic E-state index is 12.4. The number of amides is 1. The summed E-state index contributed by atoms with van der Waals surface area (Å²) in [5.41, 5.74) is -0.0952. The van der Waals surface area contributed by atoms with Crippen LogP contribution in [-0.4, -0.2) is 39.1 Å². The van der Waals surface area contributed by atoms with Gasteiger partial charge in [0.15, 0.2) is 11.0 Å². The van der Waals surface area contributed by atoms with Crippen LogP contribution in [0.15, 0.2) is 42.1 Å². The zero-order valence-corrected chi connectivity index (χ0v) is 17.4. The lowest BCUT2D eigenvalue weighted by atomic mass is 9.90. The Labute approximate surface area is 169 Å². The van der Waals surface area contributed by atoms with Crippen molar-refractivity contribution >= 4 is 17.7 Å². The highest BCUT2D eigenvalue weighted by molar-refractivity contribution is 7.99. The predicted octanol–water partition coefficient (Wildman–Crippen LogP) is 3.29. The van der Waals surface area contributed by atoms with Gasteiger partial charge in [-0.2, -0.15) is 5.26 Å². The summed E-state index contributed by atoms with van der Waals surface area (Å²) in [4.78, 5) is 12.4. The van der Waals surface area contributed by atoms with Gasteiger partial charge >= 0.3 is 0 Å². The molecule has 0 spiro atoms. The zero-order chi connectivity index (χ0) is 20.7. The molecule has 0 saturated carbocycles. The van der Waals surface area contributed by atoms with E-state index in [9.17, 15) is 10.1 Å². The number of carbonyl (C=O) groups excluding carboxylic acids is 1. The molecule has 0 unspecified atom stereocenters. The van der Waals surface area contributed by atoms with Crippen molar-refractivity contribution in [2.75, 3.05) is 12.9 Å². The summed E-state index contributed by atoms with van der Waals surface area (Å²) in [5.74, 6) is 1.23. The van der Waals surface area contributed by atoms with Crippen LogP contribution in [0.4, 0.5) is 0 Å². The van der Waals surface area contributed by atoms with Gasteiger partial charge in [-0.05, 0) is 25.0 Å². The number of nitrogens with one attached hydrogen (secondary N) is 1. The van der Waals surface area contributed by atoms with Crippen LogP contribution in [0.5, 0.6) is 5.75 Å². The molecule has 2 aromatic rings. The molecule has 0 bridgehead atoms. The van der Waals surface area contributed by atoms with Crippen molar-refractivity contribution in [1.82, 2.24) is 20.1 Å². The van der Waals surface area contributed by atoms with Crippen molar-refractivity contribution in [1.29, 1.82) is 5.26 Å². The van der Waals surface area contributed by atoms with Gasteiger partial charge in [0.05, 0.1) is 24.5 Å². The molecule has 1 amide bonds. The third kappa shape index (κ3) is 4.73. The van der Waals surface area contributed by atoms with Crippen LogP contribution in [0.25, 0.3) is 11.4 Å². The fraction of sp³-hybridized carbons (Fsp3) is 0.400. The van der Waals surface area contributed by atoms with Crippen LogP contribution in [0, 0.1) is 17.2 Å². The molecule has 148 valence electrons. The summed E-state index contributed by atoms with van der Waals surface area (Å²) in [6, 6.07) is 9.73. The van der Waals surface area contributed by atoms with Crippen molar-refractivity contribution in [2.45, 2.75) is 38.0 Å². The van der Waals surface area contributed by atoms with Gasteiger partial charge in [0, 0.05) is 6.54 Å². The van der Waals surface area contributed by atoms with Crippen LogP contribution in [0.3, 0.4) is 0 Å². The number of carbonyl (C=O) groups is 1. The number of allylic oxidation sites excluding steroid dienone is 1. The van der Waals surface area contributed by atoms with E-state index >= 15 is 0 Å². The van der Waals surface area contributed by atoms with Gasteiger partial charge in [0.1, 0.15) is 11.3 Å². The lowest BCUT2D eigenvalue weighted by Crippen LogP contribution is -2.49. The molecule has 0 aliphatic rings. The first kappa shape index (κ1) is 21.5. The van der Waals surface area contributed by atoms with E-state index in [0.717, 1.165) is 5.56 Å². The average molecular weight is 400 g/mol.